The van der Waals surface area contributed by atoms with E-state index in [1.807, 2.05) is 7.05 Å². The van der Waals surface area contributed by atoms with Gasteiger partial charge in [-0.05, 0) is 22.2 Å². The zero-order valence-corrected chi connectivity index (χ0v) is 12.7. The minimum Gasteiger partial charge on any atom is -0.388 e. The molecule has 0 unspecified atom stereocenters. The Kier molecular flexibility index (Phi) is 7.51. The van der Waals surface area contributed by atoms with E-state index in [-0.39, 0.29) is 14.9 Å². The molecule has 0 saturated heterocycles. The fourth-order valence-electron chi connectivity index (χ4n) is 2.58. The first kappa shape index (κ1) is 19.2. The lowest BCUT2D eigenvalue weighted by molar-refractivity contribution is 1.55. The molecule has 1 heteroatoms. The van der Waals surface area contributed by atoms with E-state index in [1.54, 1.807) is 0 Å². The van der Waals surface area contributed by atoms with E-state index in [4.69, 9.17) is 0 Å². The van der Waals surface area contributed by atoms with Gasteiger partial charge in [0.15, 0.2) is 0 Å². The molecule has 0 aliphatic carbocycles. The van der Waals surface area contributed by atoms with Gasteiger partial charge >= 0.3 is 0 Å². The molecule has 0 aliphatic rings. The second kappa shape index (κ2) is 9.36. The van der Waals surface area contributed by atoms with Crippen molar-refractivity contribution < 1.29 is 0 Å². The largest absolute Gasteiger partial charge is 0.388 e. The summed E-state index contributed by atoms with van der Waals surface area (Å²) in [6.07, 6.45) is 0. The van der Waals surface area contributed by atoms with Gasteiger partial charge in [0, 0.05) is 18.1 Å². The van der Waals surface area contributed by atoms with Crippen molar-refractivity contribution in [1.82, 2.24) is 0 Å². The van der Waals surface area contributed by atoms with Crippen LogP contribution in [0.5, 0.6) is 0 Å². The van der Waals surface area contributed by atoms with Crippen LogP contribution in [0.4, 0.5) is 5.69 Å². The highest BCUT2D eigenvalue weighted by molar-refractivity contribution is 5.93. The van der Waals surface area contributed by atoms with Crippen molar-refractivity contribution in [2.75, 3.05) is 12.4 Å². The highest BCUT2D eigenvalue weighted by Crippen LogP contribution is 2.21. The molecule has 0 bridgehead atoms. The van der Waals surface area contributed by atoms with E-state index < -0.39 is 0 Å². The number of benzene rings is 4. The van der Waals surface area contributed by atoms with E-state index >= 15 is 0 Å². The van der Waals surface area contributed by atoms with Gasteiger partial charge in [-0.1, -0.05) is 99.8 Å². The van der Waals surface area contributed by atoms with Crippen molar-refractivity contribution in [3.05, 3.63) is 91.0 Å². The Bertz CT molecular complexity index is 810. The third-order valence-corrected chi connectivity index (χ3v) is 3.72. The Morgan fingerprint density at radius 1 is 0.500 bits per heavy atom. The normalized spacial score (nSPS) is 9.21. The van der Waals surface area contributed by atoms with Gasteiger partial charge in [-0.25, -0.2) is 0 Å². The maximum Gasteiger partial charge on any atom is 0.0417 e. The van der Waals surface area contributed by atoms with Crippen LogP contribution in [0.2, 0.25) is 0 Å². The number of hydrogen-bond acceptors (Lipinski definition) is 1. The molecule has 1 nitrogen and oxygen atoms in total. The van der Waals surface area contributed by atoms with Crippen LogP contribution in [0.1, 0.15) is 14.9 Å². The van der Waals surface area contributed by atoms with E-state index in [2.05, 4.69) is 96.3 Å². The first-order chi connectivity index (χ1) is 10.9. The lowest BCUT2D eigenvalue weighted by Gasteiger charge is -2.04. The maximum absolute atomic E-state index is 3.17. The molecule has 0 heterocycles. The molecule has 0 saturated carbocycles. The summed E-state index contributed by atoms with van der Waals surface area (Å²) in [6, 6.07) is 31.3. The van der Waals surface area contributed by atoms with Crippen LogP contribution in [0, 0.1) is 0 Å². The van der Waals surface area contributed by atoms with E-state index in [1.165, 1.54) is 27.2 Å². The van der Waals surface area contributed by atoms with Crippen molar-refractivity contribution in [3.8, 4) is 0 Å². The van der Waals surface area contributed by atoms with E-state index in [9.17, 15) is 0 Å². The van der Waals surface area contributed by atoms with Gasteiger partial charge in [0.1, 0.15) is 0 Å². The second-order valence-corrected chi connectivity index (χ2v) is 5.12. The van der Waals surface area contributed by atoms with Gasteiger partial charge in [0.25, 0.3) is 0 Å². The standard InChI is InChI=1S/C11H11N.C10H8.2CH4/c1-12-11-8-4-6-9-5-2-3-7-10(9)11;1-2-6-10-8-4-3-7-9(10)5-1;;/h2-8,12H,1H3;1-8H;2*1H4. The zero-order valence-electron chi connectivity index (χ0n) is 12.7. The number of nitrogens with one attached hydrogen (secondary N) is 1. The van der Waals surface area contributed by atoms with Crippen molar-refractivity contribution in [3.63, 3.8) is 0 Å². The third kappa shape index (κ3) is 4.36. The summed E-state index contributed by atoms with van der Waals surface area (Å²) >= 11 is 0. The van der Waals surface area contributed by atoms with Crippen LogP contribution in [0.15, 0.2) is 91.0 Å². The molecule has 0 amide bonds. The minimum absolute atomic E-state index is 0. The summed E-state index contributed by atoms with van der Waals surface area (Å²) < 4.78 is 0. The molecule has 4 rings (SSSR count). The third-order valence-electron chi connectivity index (χ3n) is 3.72. The smallest absolute Gasteiger partial charge is 0.0417 e. The number of fused-ring (bicyclic) bond motifs is 2. The van der Waals surface area contributed by atoms with Crippen LogP contribution in [0.25, 0.3) is 21.5 Å². The van der Waals surface area contributed by atoms with Gasteiger partial charge < -0.3 is 5.32 Å². The quantitative estimate of drug-likeness (QED) is 0.399. The van der Waals surface area contributed by atoms with Gasteiger partial charge in [0.05, 0.1) is 0 Å². The molecule has 124 valence electrons. The van der Waals surface area contributed by atoms with Gasteiger partial charge in [-0.2, -0.15) is 0 Å². The van der Waals surface area contributed by atoms with Crippen molar-refractivity contribution in [1.29, 1.82) is 0 Å². The number of hydrogen-bond donors (Lipinski definition) is 1. The first-order valence-electron chi connectivity index (χ1n) is 7.48. The van der Waals surface area contributed by atoms with Gasteiger partial charge in [-0.15, -0.1) is 0 Å². The molecule has 0 fully saturated rings. The van der Waals surface area contributed by atoms with Crippen LogP contribution < -0.4 is 5.32 Å². The summed E-state index contributed by atoms with van der Waals surface area (Å²) in [4.78, 5) is 0. The number of anilines is 1. The predicted octanol–water partition coefficient (Wildman–Crippen LogP) is 6.99. The summed E-state index contributed by atoms with van der Waals surface area (Å²) in [5.74, 6) is 0. The Labute approximate surface area is 146 Å². The van der Waals surface area contributed by atoms with Gasteiger partial charge in [0.2, 0.25) is 0 Å². The van der Waals surface area contributed by atoms with Crippen molar-refractivity contribution in [2.24, 2.45) is 0 Å². The fraction of sp³-hybridized carbons (Fsp3) is 0.130. The molecule has 0 aromatic heterocycles. The lowest BCUT2D eigenvalue weighted by atomic mass is 10.1. The van der Waals surface area contributed by atoms with Crippen LogP contribution in [0.3, 0.4) is 0 Å². The van der Waals surface area contributed by atoms with Gasteiger partial charge in [-0.3, -0.25) is 0 Å². The van der Waals surface area contributed by atoms with Crippen LogP contribution in [-0.4, -0.2) is 7.05 Å². The molecule has 24 heavy (non-hydrogen) atoms. The molecule has 0 atom stereocenters. The van der Waals surface area contributed by atoms with Crippen molar-refractivity contribution >= 4 is 27.2 Å². The maximum atomic E-state index is 3.17. The van der Waals surface area contributed by atoms with Crippen molar-refractivity contribution in [2.45, 2.75) is 14.9 Å². The Morgan fingerprint density at radius 2 is 0.917 bits per heavy atom. The average molecular weight is 317 g/mol. The Balaban J connectivity index is 0.000000224. The van der Waals surface area contributed by atoms with Crippen LogP contribution in [-0.2, 0) is 0 Å². The molecular weight excluding hydrogens is 290 g/mol. The molecule has 4 aromatic carbocycles. The molecular formula is C23H27N. The summed E-state index contributed by atoms with van der Waals surface area (Å²) in [5.41, 5.74) is 1.19. The van der Waals surface area contributed by atoms with E-state index in [0.717, 1.165) is 0 Å². The molecule has 4 aromatic rings. The minimum atomic E-state index is 0. The molecule has 0 aliphatic heterocycles. The highest BCUT2D eigenvalue weighted by atomic mass is 14.8. The van der Waals surface area contributed by atoms with E-state index in [0.29, 0.717) is 0 Å². The average Bonchev–Trinajstić information content (AvgIpc) is 2.62. The predicted molar refractivity (Wildman–Crippen MR) is 111 cm³/mol. The Morgan fingerprint density at radius 3 is 1.42 bits per heavy atom. The zero-order chi connectivity index (χ0) is 15.2. The highest BCUT2D eigenvalue weighted by Gasteiger charge is 1.95. The second-order valence-electron chi connectivity index (χ2n) is 5.12. The molecule has 0 spiro atoms. The lowest BCUT2D eigenvalue weighted by Crippen LogP contribution is -1.88. The summed E-state index contributed by atoms with van der Waals surface area (Å²) in [5, 5.41) is 8.35. The number of rotatable bonds is 1. The molecule has 1 N–H and O–H groups in total. The SMILES string of the molecule is C.C.CNc1cccc2ccccc12.c1ccc2ccccc2c1. The summed E-state index contributed by atoms with van der Waals surface area (Å²) in [6.45, 7) is 0. The monoisotopic (exact) mass is 317 g/mol. The summed E-state index contributed by atoms with van der Waals surface area (Å²) in [7, 11) is 1.95. The fourth-order valence-corrected chi connectivity index (χ4v) is 2.58. The van der Waals surface area contributed by atoms with Crippen LogP contribution >= 0.6 is 0 Å². The molecule has 0 radical (unpaired) electrons. The Hall–Kier alpha value is -2.80. The first-order valence-corrected chi connectivity index (χ1v) is 7.48. The topological polar surface area (TPSA) is 12.0 Å².